The van der Waals surface area contributed by atoms with E-state index in [1.807, 2.05) is 13.8 Å². The maximum atomic E-state index is 14.5. The standard InChI is InChI=1S/C18H23FN6/c1-4-15-16(19)18(23-10-21-15)25-7-13-5-24(6-14(13)8-25)17-11(2)12(3)20-9-22-17/h9-10,13-14H,4-8H2,1-3H3. The van der Waals surface area contributed by atoms with E-state index in [1.54, 1.807) is 6.33 Å². The fraction of sp³-hybridized carbons (Fsp3) is 0.556. The molecular weight excluding hydrogens is 319 g/mol. The van der Waals surface area contributed by atoms with Crippen LogP contribution in [0.25, 0.3) is 0 Å². The summed E-state index contributed by atoms with van der Waals surface area (Å²) < 4.78 is 14.5. The number of rotatable bonds is 3. The molecule has 2 fully saturated rings. The fourth-order valence-electron chi connectivity index (χ4n) is 4.05. The molecule has 0 radical (unpaired) electrons. The van der Waals surface area contributed by atoms with E-state index in [0.717, 1.165) is 43.3 Å². The molecule has 25 heavy (non-hydrogen) atoms. The van der Waals surface area contributed by atoms with Gasteiger partial charge in [0.15, 0.2) is 11.6 Å². The molecular formula is C18H23FN6. The smallest absolute Gasteiger partial charge is 0.187 e. The lowest BCUT2D eigenvalue weighted by Crippen LogP contribution is -2.31. The zero-order valence-corrected chi connectivity index (χ0v) is 14.9. The van der Waals surface area contributed by atoms with Crippen molar-refractivity contribution < 1.29 is 4.39 Å². The van der Waals surface area contributed by atoms with Crippen molar-refractivity contribution in [1.29, 1.82) is 0 Å². The van der Waals surface area contributed by atoms with Crippen molar-refractivity contribution in [3.8, 4) is 0 Å². The molecule has 6 nitrogen and oxygen atoms in total. The molecule has 0 saturated carbocycles. The maximum Gasteiger partial charge on any atom is 0.187 e. The third-order valence-electron chi connectivity index (χ3n) is 5.57. The lowest BCUT2D eigenvalue weighted by molar-refractivity contribution is 0.533. The largest absolute Gasteiger partial charge is 0.356 e. The van der Waals surface area contributed by atoms with Crippen molar-refractivity contribution in [2.75, 3.05) is 36.0 Å². The van der Waals surface area contributed by atoms with Gasteiger partial charge in [-0.05, 0) is 20.3 Å². The minimum Gasteiger partial charge on any atom is -0.356 e. The van der Waals surface area contributed by atoms with E-state index < -0.39 is 0 Å². The first-order valence-corrected chi connectivity index (χ1v) is 8.86. The quantitative estimate of drug-likeness (QED) is 0.852. The summed E-state index contributed by atoms with van der Waals surface area (Å²) >= 11 is 0. The van der Waals surface area contributed by atoms with Crippen LogP contribution in [0.2, 0.25) is 0 Å². The summed E-state index contributed by atoms with van der Waals surface area (Å²) in [6.07, 6.45) is 3.70. The Kier molecular flexibility index (Phi) is 4.01. The molecule has 4 rings (SSSR count). The molecule has 0 N–H and O–H groups in total. The van der Waals surface area contributed by atoms with Crippen LogP contribution in [0.15, 0.2) is 12.7 Å². The molecule has 2 aliphatic rings. The summed E-state index contributed by atoms with van der Waals surface area (Å²) in [6, 6.07) is 0. The molecule has 0 spiro atoms. The van der Waals surface area contributed by atoms with Crippen LogP contribution in [0.4, 0.5) is 16.0 Å². The van der Waals surface area contributed by atoms with Gasteiger partial charge in [-0.2, -0.15) is 0 Å². The number of halogens is 1. The highest BCUT2D eigenvalue weighted by atomic mass is 19.1. The van der Waals surface area contributed by atoms with Gasteiger partial charge in [0.25, 0.3) is 0 Å². The Hall–Kier alpha value is -2.31. The summed E-state index contributed by atoms with van der Waals surface area (Å²) in [4.78, 5) is 21.4. The van der Waals surface area contributed by atoms with E-state index in [9.17, 15) is 4.39 Å². The second kappa shape index (κ2) is 6.20. The monoisotopic (exact) mass is 342 g/mol. The Morgan fingerprint density at radius 3 is 2.12 bits per heavy atom. The highest BCUT2D eigenvalue weighted by molar-refractivity contribution is 5.50. The summed E-state index contributed by atoms with van der Waals surface area (Å²) in [5.74, 6) is 2.25. The zero-order valence-electron chi connectivity index (χ0n) is 14.9. The second-order valence-electron chi connectivity index (χ2n) is 7.05. The minimum atomic E-state index is -0.260. The normalized spacial score (nSPS) is 22.6. The molecule has 0 bridgehead atoms. The average molecular weight is 342 g/mol. The number of anilines is 2. The van der Waals surface area contributed by atoms with Gasteiger partial charge < -0.3 is 9.80 Å². The lowest BCUT2D eigenvalue weighted by atomic mass is 10.0. The fourth-order valence-corrected chi connectivity index (χ4v) is 4.05. The lowest BCUT2D eigenvalue weighted by Gasteiger charge is -2.24. The van der Waals surface area contributed by atoms with Gasteiger partial charge in [-0.3, -0.25) is 0 Å². The van der Waals surface area contributed by atoms with Gasteiger partial charge in [0.05, 0.1) is 5.69 Å². The number of aromatic nitrogens is 4. The van der Waals surface area contributed by atoms with Crippen LogP contribution in [0.5, 0.6) is 0 Å². The second-order valence-corrected chi connectivity index (χ2v) is 7.05. The summed E-state index contributed by atoms with van der Waals surface area (Å²) in [6.45, 7) is 9.58. The topological polar surface area (TPSA) is 58.0 Å². The van der Waals surface area contributed by atoms with Crippen LogP contribution >= 0.6 is 0 Å². The van der Waals surface area contributed by atoms with Gasteiger partial charge in [0.2, 0.25) is 0 Å². The Morgan fingerprint density at radius 2 is 1.48 bits per heavy atom. The van der Waals surface area contributed by atoms with Crippen LogP contribution in [-0.2, 0) is 6.42 Å². The molecule has 2 aromatic heterocycles. The Morgan fingerprint density at radius 1 is 0.920 bits per heavy atom. The molecule has 2 unspecified atom stereocenters. The highest BCUT2D eigenvalue weighted by Gasteiger charge is 2.42. The van der Waals surface area contributed by atoms with E-state index in [4.69, 9.17) is 0 Å². The molecule has 0 aromatic carbocycles. The van der Waals surface area contributed by atoms with Gasteiger partial charge >= 0.3 is 0 Å². The third-order valence-corrected chi connectivity index (χ3v) is 5.57. The number of fused-ring (bicyclic) bond motifs is 1. The van der Waals surface area contributed by atoms with Crippen LogP contribution in [0.1, 0.15) is 23.9 Å². The SMILES string of the molecule is CCc1ncnc(N2CC3CN(c4ncnc(C)c4C)CC3C2)c1F. The predicted molar refractivity (Wildman–Crippen MR) is 94.3 cm³/mol. The molecule has 132 valence electrons. The summed E-state index contributed by atoms with van der Waals surface area (Å²) in [5.41, 5.74) is 2.67. The van der Waals surface area contributed by atoms with E-state index in [0.29, 0.717) is 29.8 Å². The first kappa shape index (κ1) is 16.2. The molecule has 4 heterocycles. The van der Waals surface area contributed by atoms with Crippen LogP contribution < -0.4 is 9.80 Å². The Labute approximate surface area is 147 Å². The van der Waals surface area contributed by atoms with E-state index in [1.165, 1.54) is 6.33 Å². The van der Waals surface area contributed by atoms with Crippen molar-refractivity contribution >= 4 is 11.6 Å². The molecule has 2 saturated heterocycles. The molecule has 7 heteroatoms. The van der Waals surface area contributed by atoms with E-state index >= 15 is 0 Å². The first-order valence-electron chi connectivity index (χ1n) is 8.86. The highest BCUT2D eigenvalue weighted by Crippen LogP contribution is 2.36. The van der Waals surface area contributed by atoms with Crippen LogP contribution in [0, 0.1) is 31.5 Å². The summed E-state index contributed by atoms with van der Waals surface area (Å²) in [5, 5.41) is 0. The predicted octanol–water partition coefficient (Wildman–Crippen LogP) is 2.16. The molecule has 0 aliphatic carbocycles. The maximum absolute atomic E-state index is 14.5. The summed E-state index contributed by atoms with van der Waals surface area (Å²) in [7, 11) is 0. The van der Waals surface area contributed by atoms with E-state index in [-0.39, 0.29) is 5.82 Å². The van der Waals surface area contributed by atoms with Crippen molar-refractivity contribution in [3.63, 3.8) is 0 Å². The Bertz CT molecular complexity index is 781. The molecule has 2 atom stereocenters. The van der Waals surface area contributed by atoms with Gasteiger partial charge in [-0.25, -0.2) is 24.3 Å². The number of nitrogens with zero attached hydrogens (tertiary/aromatic N) is 6. The first-order chi connectivity index (χ1) is 12.1. The minimum absolute atomic E-state index is 0.260. The molecule has 2 aromatic rings. The molecule has 2 aliphatic heterocycles. The number of hydrogen-bond acceptors (Lipinski definition) is 6. The van der Waals surface area contributed by atoms with Gasteiger partial charge in [-0.1, -0.05) is 6.92 Å². The van der Waals surface area contributed by atoms with Crippen molar-refractivity contribution in [1.82, 2.24) is 19.9 Å². The van der Waals surface area contributed by atoms with Crippen LogP contribution in [-0.4, -0.2) is 46.1 Å². The van der Waals surface area contributed by atoms with Gasteiger partial charge in [-0.15, -0.1) is 0 Å². The third kappa shape index (κ3) is 2.71. The number of aryl methyl sites for hydroxylation is 2. The zero-order chi connectivity index (χ0) is 17.6. The van der Waals surface area contributed by atoms with Crippen molar-refractivity contribution in [3.05, 3.63) is 35.4 Å². The molecule has 0 amide bonds. The van der Waals surface area contributed by atoms with Gasteiger partial charge in [0, 0.05) is 49.3 Å². The van der Waals surface area contributed by atoms with Crippen molar-refractivity contribution in [2.45, 2.75) is 27.2 Å². The van der Waals surface area contributed by atoms with E-state index in [2.05, 4.69) is 36.7 Å². The van der Waals surface area contributed by atoms with Crippen molar-refractivity contribution in [2.24, 2.45) is 11.8 Å². The average Bonchev–Trinajstić information content (AvgIpc) is 3.16. The van der Waals surface area contributed by atoms with Crippen LogP contribution in [0.3, 0.4) is 0 Å². The number of hydrogen-bond donors (Lipinski definition) is 0. The van der Waals surface area contributed by atoms with Gasteiger partial charge in [0.1, 0.15) is 18.5 Å². The Balaban J connectivity index is 1.50.